The number of halogens is 1. The zero-order valence-corrected chi connectivity index (χ0v) is 11.2. The number of hydrogen-bond acceptors (Lipinski definition) is 4. The maximum Gasteiger partial charge on any atom is 0.141 e. The molecule has 110 valence electrons. The highest BCUT2D eigenvalue weighted by Crippen LogP contribution is 2.31. The Morgan fingerprint density at radius 1 is 1.25 bits per heavy atom. The molecule has 0 spiro atoms. The monoisotopic (exact) mass is 281 g/mol. The number of rotatable bonds is 3. The van der Waals surface area contributed by atoms with E-state index >= 15 is 0 Å². The Balaban J connectivity index is 1.71. The average molecular weight is 281 g/mol. The smallest absolute Gasteiger partial charge is 0.141 e. The molecule has 0 aromatic heterocycles. The SMILES string of the molecule is O[C@H]1[C@H](OCc2ccccc2)[C@H]2[C@@H](O)CCN2C[C@@H]1F. The van der Waals surface area contributed by atoms with Gasteiger partial charge in [0.05, 0.1) is 18.8 Å². The molecule has 0 amide bonds. The van der Waals surface area contributed by atoms with Crippen molar-refractivity contribution in [1.29, 1.82) is 0 Å². The van der Waals surface area contributed by atoms with Gasteiger partial charge in [-0.1, -0.05) is 30.3 Å². The maximum atomic E-state index is 13.9. The molecule has 5 atom stereocenters. The van der Waals surface area contributed by atoms with Crippen LogP contribution in [0.25, 0.3) is 0 Å². The second-order valence-electron chi connectivity index (χ2n) is 5.61. The predicted octanol–water partition coefficient (Wildman–Crippen LogP) is 0.720. The number of benzene rings is 1. The Bertz CT molecular complexity index is 444. The fourth-order valence-corrected chi connectivity index (χ4v) is 3.20. The summed E-state index contributed by atoms with van der Waals surface area (Å²) in [6.07, 6.45) is -3.13. The standard InChI is InChI=1S/C15H20FNO3/c16-11-8-17-7-6-12(18)13(17)15(14(11)19)20-9-10-4-2-1-3-5-10/h1-5,11-15,18-19H,6-9H2/t11-,12-,13+,14+,15+/m0/s1. The minimum absolute atomic E-state index is 0.175. The molecule has 2 heterocycles. The van der Waals surface area contributed by atoms with Gasteiger partial charge in [-0.15, -0.1) is 0 Å². The van der Waals surface area contributed by atoms with Crippen LogP contribution >= 0.6 is 0 Å². The van der Waals surface area contributed by atoms with Crippen molar-refractivity contribution < 1.29 is 19.3 Å². The first kappa shape index (κ1) is 13.9. The first-order valence-electron chi connectivity index (χ1n) is 7.06. The van der Waals surface area contributed by atoms with E-state index < -0.39 is 24.5 Å². The molecule has 2 aliphatic rings. The fraction of sp³-hybridized carbons (Fsp3) is 0.600. The van der Waals surface area contributed by atoms with Gasteiger partial charge in [0.2, 0.25) is 0 Å². The van der Waals surface area contributed by atoms with Crippen molar-refractivity contribution in [3.8, 4) is 0 Å². The van der Waals surface area contributed by atoms with Crippen molar-refractivity contribution in [1.82, 2.24) is 4.90 Å². The Kier molecular flexibility index (Phi) is 4.03. The van der Waals surface area contributed by atoms with Crippen molar-refractivity contribution in [3.05, 3.63) is 35.9 Å². The summed E-state index contributed by atoms with van der Waals surface area (Å²) >= 11 is 0. The highest BCUT2D eigenvalue weighted by molar-refractivity contribution is 5.14. The van der Waals surface area contributed by atoms with E-state index in [0.29, 0.717) is 19.6 Å². The van der Waals surface area contributed by atoms with Gasteiger partial charge >= 0.3 is 0 Å². The van der Waals surface area contributed by atoms with Crippen LogP contribution < -0.4 is 0 Å². The summed E-state index contributed by atoms with van der Waals surface area (Å²) in [6.45, 7) is 1.14. The zero-order chi connectivity index (χ0) is 14.1. The molecule has 2 aliphatic heterocycles. The number of nitrogens with zero attached hydrogens (tertiary/aromatic N) is 1. The van der Waals surface area contributed by atoms with Crippen LogP contribution in [0.15, 0.2) is 30.3 Å². The summed E-state index contributed by atoms with van der Waals surface area (Å²) in [5.41, 5.74) is 0.972. The van der Waals surface area contributed by atoms with E-state index in [1.165, 1.54) is 0 Å². The van der Waals surface area contributed by atoms with Crippen molar-refractivity contribution in [2.24, 2.45) is 0 Å². The van der Waals surface area contributed by atoms with E-state index in [1.807, 2.05) is 35.2 Å². The predicted molar refractivity (Wildman–Crippen MR) is 71.9 cm³/mol. The third kappa shape index (κ3) is 2.59. The minimum Gasteiger partial charge on any atom is -0.391 e. The van der Waals surface area contributed by atoms with Crippen LogP contribution in [-0.2, 0) is 11.3 Å². The van der Waals surface area contributed by atoms with E-state index in [9.17, 15) is 14.6 Å². The fourth-order valence-electron chi connectivity index (χ4n) is 3.20. The van der Waals surface area contributed by atoms with Crippen LogP contribution in [0.2, 0.25) is 0 Å². The number of hydrogen-bond donors (Lipinski definition) is 2. The van der Waals surface area contributed by atoms with Gasteiger partial charge in [-0.3, -0.25) is 4.90 Å². The molecule has 1 aromatic carbocycles. The van der Waals surface area contributed by atoms with E-state index in [2.05, 4.69) is 0 Å². The average Bonchev–Trinajstić information content (AvgIpc) is 2.82. The summed E-state index contributed by atoms with van der Waals surface area (Å²) in [6, 6.07) is 9.27. The Hall–Kier alpha value is -1.01. The van der Waals surface area contributed by atoms with Gasteiger partial charge in [-0.25, -0.2) is 4.39 Å². The Morgan fingerprint density at radius 2 is 2.00 bits per heavy atom. The molecule has 0 unspecified atom stereocenters. The van der Waals surface area contributed by atoms with Gasteiger partial charge in [0, 0.05) is 13.1 Å². The lowest BCUT2D eigenvalue weighted by atomic mass is 9.93. The van der Waals surface area contributed by atoms with E-state index in [-0.39, 0.29) is 12.6 Å². The molecular formula is C15H20FNO3. The normalized spacial score (nSPS) is 37.9. The molecule has 0 saturated carbocycles. The van der Waals surface area contributed by atoms with Crippen molar-refractivity contribution in [2.45, 2.75) is 43.6 Å². The number of aliphatic hydroxyl groups is 2. The van der Waals surface area contributed by atoms with Crippen LogP contribution in [0, 0.1) is 0 Å². The number of fused-ring (bicyclic) bond motifs is 1. The molecule has 0 bridgehead atoms. The number of alkyl halides is 1. The molecule has 2 saturated heterocycles. The number of piperidine rings is 1. The molecule has 0 aliphatic carbocycles. The molecule has 3 rings (SSSR count). The Morgan fingerprint density at radius 3 is 2.75 bits per heavy atom. The molecule has 0 radical (unpaired) electrons. The van der Waals surface area contributed by atoms with Gasteiger partial charge in [-0.05, 0) is 12.0 Å². The maximum absolute atomic E-state index is 13.9. The Labute approximate surface area is 117 Å². The summed E-state index contributed by atoms with van der Waals surface area (Å²) in [5.74, 6) is 0. The summed E-state index contributed by atoms with van der Waals surface area (Å²) in [4.78, 5) is 1.89. The van der Waals surface area contributed by atoms with Crippen LogP contribution in [0.5, 0.6) is 0 Å². The van der Waals surface area contributed by atoms with Gasteiger partial charge in [-0.2, -0.15) is 0 Å². The summed E-state index contributed by atoms with van der Waals surface area (Å²) < 4.78 is 19.6. The lowest BCUT2D eigenvalue weighted by molar-refractivity contribution is -0.151. The van der Waals surface area contributed by atoms with Crippen molar-refractivity contribution in [3.63, 3.8) is 0 Å². The van der Waals surface area contributed by atoms with Crippen LogP contribution in [0.4, 0.5) is 4.39 Å². The second kappa shape index (κ2) is 5.77. The minimum atomic E-state index is -1.32. The molecule has 4 nitrogen and oxygen atoms in total. The third-order valence-corrected chi connectivity index (χ3v) is 4.27. The lowest BCUT2D eigenvalue weighted by Crippen LogP contribution is -2.61. The first-order valence-corrected chi connectivity index (χ1v) is 7.06. The number of aliphatic hydroxyl groups excluding tert-OH is 2. The van der Waals surface area contributed by atoms with Gasteiger partial charge in [0.1, 0.15) is 18.4 Å². The van der Waals surface area contributed by atoms with Gasteiger partial charge < -0.3 is 14.9 Å². The third-order valence-electron chi connectivity index (χ3n) is 4.27. The highest BCUT2D eigenvalue weighted by Gasteiger charge is 2.49. The van der Waals surface area contributed by atoms with Gasteiger partial charge in [0.25, 0.3) is 0 Å². The summed E-state index contributed by atoms with van der Waals surface area (Å²) in [5, 5.41) is 20.1. The summed E-state index contributed by atoms with van der Waals surface area (Å²) in [7, 11) is 0. The van der Waals surface area contributed by atoms with E-state index in [1.54, 1.807) is 0 Å². The second-order valence-corrected chi connectivity index (χ2v) is 5.61. The van der Waals surface area contributed by atoms with Crippen LogP contribution in [0.1, 0.15) is 12.0 Å². The number of ether oxygens (including phenoxy) is 1. The van der Waals surface area contributed by atoms with Crippen molar-refractivity contribution >= 4 is 0 Å². The molecule has 5 heteroatoms. The zero-order valence-electron chi connectivity index (χ0n) is 11.2. The molecule has 2 fully saturated rings. The topological polar surface area (TPSA) is 52.9 Å². The van der Waals surface area contributed by atoms with E-state index in [4.69, 9.17) is 4.74 Å². The first-order chi connectivity index (χ1) is 9.66. The quantitative estimate of drug-likeness (QED) is 0.857. The lowest BCUT2D eigenvalue weighted by Gasteiger charge is -2.42. The largest absolute Gasteiger partial charge is 0.391 e. The van der Waals surface area contributed by atoms with E-state index in [0.717, 1.165) is 5.56 Å². The van der Waals surface area contributed by atoms with Crippen LogP contribution in [-0.4, -0.2) is 58.7 Å². The molecule has 20 heavy (non-hydrogen) atoms. The molecular weight excluding hydrogens is 261 g/mol. The highest BCUT2D eigenvalue weighted by atomic mass is 19.1. The molecule has 2 N–H and O–H groups in total. The van der Waals surface area contributed by atoms with Crippen LogP contribution in [0.3, 0.4) is 0 Å². The van der Waals surface area contributed by atoms with Gasteiger partial charge in [0.15, 0.2) is 0 Å². The van der Waals surface area contributed by atoms with Crippen molar-refractivity contribution in [2.75, 3.05) is 13.1 Å². The molecule has 1 aromatic rings.